The molecule has 3 aromatic rings. The van der Waals surface area contributed by atoms with E-state index in [0.29, 0.717) is 10.1 Å². The highest BCUT2D eigenvalue weighted by Crippen LogP contribution is 2.29. The number of hydrogen-bond acceptors (Lipinski definition) is 7. The maximum atomic E-state index is 12.3. The van der Waals surface area contributed by atoms with Gasteiger partial charge in [-0.3, -0.25) is 19.7 Å². The lowest BCUT2D eigenvalue weighted by Gasteiger charge is -2.13. The number of non-ortho nitro benzene ring substituents is 1. The molecule has 0 spiro atoms. The largest absolute Gasteiger partial charge is 0.439 e. The zero-order valence-electron chi connectivity index (χ0n) is 13.6. The third kappa shape index (κ3) is 2.83. The number of rotatable bonds is 4. The average Bonchev–Trinajstić information content (AvgIpc) is 3.20. The number of carbonyl (C=O) groups excluding carboxylic acids is 3. The Balaban J connectivity index is 1.50. The van der Waals surface area contributed by atoms with Gasteiger partial charge in [0.15, 0.2) is 6.73 Å². The number of amides is 2. The summed E-state index contributed by atoms with van der Waals surface area (Å²) in [7, 11) is 0. The highest BCUT2D eigenvalue weighted by Gasteiger charge is 2.35. The number of carbonyl (C=O) groups is 3. The van der Waals surface area contributed by atoms with Gasteiger partial charge in [0.05, 0.1) is 16.1 Å². The molecule has 8 nitrogen and oxygen atoms in total. The van der Waals surface area contributed by atoms with Gasteiger partial charge in [-0.1, -0.05) is 12.1 Å². The molecule has 0 unspecified atom stereocenters. The summed E-state index contributed by atoms with van der Waals surface area (Å²) in [5, 5.41) is 11.4. The SMILES string of the molecule is O=C(OCN1C(=O)c2ccccc2C1=O)c1cc2cc([N+](=O)[O-])ccc2s1. The molecule has 1 aromatic heterocycles. The number of nitro groups is 1. The number of thiophene rings is 1. The van der Waals surface area contributed by atoms with Crippen molar-refractivity contribution in [1.82, 2.24) is 4.90 Å². The molecule has 0 bridgehead atoms. The molecule has 0 N–H and O–H groups in total. The van der Waals surface area contributed by atoms with Crippen LogP contribution in [0.5, 0.6) is 0 Å². The topological polar surface area (TPSA) is 107 Å². The van der Waals surface area contributed by atoms with E-state index in [1.807, 2.05) is 0 Å². The summed E-state index contributed by atoms with van der Waals surface area (Å²) in [5.74, 6) is -1.75. The lowest BCUT2D eigenvalue weighted by molar-refractivity contribution is -0.384. The van der Waals surface area contributed by atoms with Crippen molar-refractivity contribution in [1.29, 1.82) is 0 Å². The Hall–Kier alpha value is -3.59. The Labute approximate surface area is 155 Å². The van der Waals surface area contributed by atoms with Gasteiger partial charge < -0.3 is 4.74 Å². The van der Waals surface area contributed by atoms with Gasteiger partial charge in [0, 0.05) is 22.2 Å². The number of nitro benzene ring substituents is 1. The van der Waals surface area contributed by atoms with Crippen LogP contribution in [0.2, 0.25) is 0 Å². The van der Waals surface area contributed by atoms with E-state index in [9.17, 15) is 24.5 Å². The molecule has 2 aromatic carbocycles. The van der Waals surface area contributed by atoms with Gasteiger partial charge in [0.25, 0.3) is 17.5 Å². The second kappa shape index (κ2) is 6.29. The van der Waals surface area contributed by atoms with Crippen LogP contribution in [-0.2, 0) is 4.74 Å². The van der Waals surface area contributed by atoms with Crippen LogP contribution in [0.1, 0.15) is 30.4 Å². The van der Waals surface area contributed by atoms with Crippen LogP contribution in [0.25, 0.3) is 10.1 Å². The van der Waals surface area contributed by atoms with Gasteiger partial charge in [-0.15, -0.1) is 11.3 Å². The summed E-state index contributed by atoms with van der Waals surface area (Å²) in [5.41, 5.74) is 0.465. The maximum absolute atomic E-state index is 12.3. The van der Waals surface area contributed by atoms with Crippen LogP contribution < -0.4 is 0 Å². The zero-order valence-corrected chi connectivity index (χ0v) is 14.4. The first kappa shape index (κ1) is 16.9. The van der Waals surface area contributed by atoms with Crippen LogP contribution >= 0.6 is 11.3 Å². The summed E-state index contributed by atoms with van der Waals surface area (Å²) in [6.07, 6.45) is 0. The number of hydrogen-bond donors (Lipinski definition) is 0. The first-order chi connectivity index (χ1) is 13.0. The van der Waals surface area contributed by atoms with Gasteiger partial charge in [-0.2, -0.15) is 0 Å². The average molecular weight is 382 g/mol. The first-order valence-electron chi connectivity index (χ1n) is 7.76. The van der Waals surface area contributed by atoms with Crippen molar-refractivity contribution in [3.8, 4) is 0 Å². The molecule has 1 aliphatic heterocycles. The Morgan fingerprint density at radius 2 is 1.74 bits per heavy atom. The summed E-state index contributed by atoms with van der Waals surface area (Å²) >= 11 is 1.11. The number of benzene rings is 2. The van der Waals surface area contributed by atoms with Crippen LogP contribution in [0.3, 0.4) is 0 Å². The number of fused-ring (bicyclic) bond motifs is 2. The quantitative estimate of drug-likeness (QED) is 0.297. The van der Waals surface area contributed by atoms with Crippen molar-refractivity contribution < 1.29 is 24.0 Å². The van der Waals surface area contributed by atoms with Crippen molar-refractivity contribution in [3.05, 3.63) is 74.6 Å². The first-order valence-corrected chi connectivity index (χ1v) is 8.57. The van der Waals surface area contributed by atoms with Gasteiger partial charge in [-0.25, -0.2) is 9.69 Å². The van der Waals surface area contributed by atoms with Crippen LogP contribution in [0, 0.1) is 10.1 Å². The van der Waals surface area contributed by atoms with Crippen molar-refractivity contribution >= 4 is 44.9 Å². The lowest BCUT2D eigenvalue weighted by Crippen LogP contribution is -2.33. The molecule has 0 radical (unpaired) electrons. The van der Waals surface area contributed by atoms with Gasteiger partial charge in [0.1, 0.15) is 4.88 Å². The molecule has 0 aliphatic carbocycles. The second-order valence-corrected chi connectivity index (χ2v) is 6.82. The standard InChI is InChI=1S/C18H10N2O6S/c21-16-12-3-1-2-4-13(12)17(22)19(16)9-26-18(23)15-8-10-7-11(20(24)25)5-6-14(10)27-15/h1-8H,9H2. The Kier molecular flexibility index (Phi) is 3.93. The summed E-state index contributed by atoms with van der Waals surface area (Å²) in [6, 6.07) is 12.1. The lowest BCUT2D eigenvalue weighted by atomic mass is 10.1. The molecule has 2 heterocycles. The van der Waals surface area contributed by atoms with Gasteiger partial charge in [0.2, 0.25) is 0 Å². The minimum Gasteiger partial charge on any atom is -0.439 e. The molecular weight excluding hydrogens is 372 g/mol. The fourth-order valence-electron chi connectivity index (χ4n) is 2.80. The third-order valence-corrected chi connectivity index (χ3v) is 5.21. The fraction of sp³-hybridized carbons (Fsp3) is 0.0556. The Morgan fingerprint density at radius 3 is 2.37 bits per heavy atom. The molecule has 27 heavy (non-hydrogen) atoms. The molecule has 2 amide bonds. The van der Waals surface area contributed by atoms with Crippen LogP contribution in [0.15, 0.2) is 48.5 Å². The monoisotopic (exact) mass is 382 g/mol. The van der Waals surface area contributed by atoms with Crippen LogP contribution in [0.4, 0.5) is 5.69 Å². The van der Waals surface area contributed by atoms with E-state index in [2.05, 4.69) is 0 Å². The van der Waals surface area contributed by atoms with Crippen molar-refractivity contribution in [3.63, 3.8) is 0 Å². The molecule has 0 atom stereocenters. The molecule has 0 saturated heterocycles. The minimum atomic E-state index is -0.713. The summed E-state index contributed by atoms with van der Waals surface area (Å²) in [4.78, 5) is 48.2. The number of nitrogens with zero attached hydrogens (tertiary/aromatic N) is 2. The molecule has 0 saturated carbocycles. The highest BCUT2D eigenvalue weighted by molar-refractivity contribution is 7.20. The van der Waals surface area contributed by atoms with Crippen molar-refractivity contribution in [2.75, 3.05) is 6.73 Å². The molecule has 9 heteroatoms. The van der Waals surface area contributed by atoms with E-state index < -0.39 is 29.4 Å². The Morgan fingerprint density at radius 1 is 1.07 bits per heavy atom. The number of esters is 1. The highest BCUT2D eigenvalue weighted by atomic mass is 32.1. The molecule has 134 valence electrons. The van der Waals surface area contributed by atoms with Crippen LogP contribution in [-0.4, -0.2) is 34.3 Å². The van der Waals surface area contributed by atoms with Crippen molar-refractivity contribution in [2.24, 2.45) is 0 Å². The van der Waals surface area contributed by atoms with Crippen molar-refractivity contribution in [2.45, 2.75) is 0 Å². The molecule has 1 aliphatic rings. The second-order valence-electron chi connectivity index (χ2n) is 5.73. The normalized spacial score (nSPS) is 13.1. The maximum Gasteiger partial charge on any atom is 0.350 e. The number of imide groups is 1. The molecule has 4 rings (SSSR count). The molecule has 0 fully saturated rings. The van der Waals surface area contributed by atoms with E-state index in [1.54, 1.807) is 18.2 Å². The van der Waals surface area contributed by atoms with E-state index in [1.165, 1.54) is 30.3 Å². The summed E-state index contributed by atoms with van der Waals surface area (Å²) < 4.78 is 5.80. The van der Waals surface area contributed by atoms with E-state index in [4.69, 9.17) is 4.74 Å². The van der Waals surface area contributed by atoms with E-state index in [-0.39, 0.29) is 21.7 Å². The van der Waals surface area contributed by atoms with E-state index >= 15 is 0 Å². The Bertz CT molecular complexity index is 1100. The summed E-state index contributed by atoms with van der Waals surface area (Å²) in [6.45, 7) is -0.500. The smallest absolute Gasteiger partial charge is 0.350 e. The third-order valence-electron chi connectivity index (χ3n) is 4.11. The van der Waals surface area contributed by atoms with Gasteiger partial charge >= 0.3 is 5.97 Å². The molecular formula is C18H10N2O6S. The zero-order chi connectivity index (χ0) is 19.1. The van der Waals surface area contributed by atoms with Gasteiger partial charge in [-0.05, 0) is 24.3 Å². The predicted octanol–water partition coefficient (Wildman–Crippen LogP) is 3.22. The fourth-order valence-corrected chi connectivity index (χ4v) is 3.73. The van der Waals surface area contributed by atoms with E-state index in [0.717, 1.165) is 16.2 Å². The number of ether oxygens (including phenoxy) is 1. The predicted molar refractivity (Wildman–Crippen MR) is 95.7 cm³/mol. The minimum absolute atomic E-state index is 0.0776.